The van der Waals surface area contributed by atoms with Gasteiger partial charge in [-0.1, -0.05) is 65.2 Å². The number of aryl methyl sites for hydroxylation is 1. The van der Waals surface area contributed by atoms with Crippen molar-refractivity contribution in [3.8, 4) is 11.5 Å². The van der Waals surface area contributed by atoms with Crippen LogP contribution in [0.5, 0.6) is 11.5 Å². The van der Waals surface area contributed by atoms with E-state index in [4.69, 9.17) is 32.7 Å². The minimum Gasteiger partial charge on any atom is -0.493 e. The third-order valence-electron chi connectivity index (χ3n) is 4.59. The molecule has 0 heterocycles. The molecule has 0 aliphatic rings. The molecule has 1 N–H and O–H groups in total. The van der Waals surface area contributed by atoms with Gasteiger partial charge in [0.15, 0.2) is 11.5 Å². The first-order chi connectivity index (χ1) is 14.0. The van der Waals surface area contributed by atoms with E-state index in [0.717, 1.165) is 29.1 Å². The van der Waals surface area contributed by atoms with Crippen LogP contribution < -0.4 is 14.8 Å². The van der Waals surface area contributed by atoms with E-state index in [1.807, 2.05) is 48.5 Å². The molecule has 0 aliphatic carbocycles. The molecule has 5 heteroatoms. The molecule has 3 aromatic rings. The van der Waals surface area contributed by atoms with Gasteiger partial charge in [0.05, 0.1) is 12.1 Å². The Morgan fingerprint density at radius 1 is 0.897 bits per heavy atom. The molecule has 0 radical (unpaired) electrons. The second-order valence-corrected chi connectivity index (χ2v) is 7.78. The highest BCUT2D eigenvalue weighted by Gasteiger charge is 2.12. The molecule has 0 aliphatic heterocycles. The van der Waals surface area contributed by atoms with Crippen LogP contribution in [0.1, 0.15) is 22.3 Å². The SMILES string of the molecule is COc1cc(CNCCc2ccc(Cl)cc2)cc(Cl)c1OCc1cccc(C)c1. The van der Waals surface area contributed by atoms with Gasteiger partial charge < -0.3 is 14.8 Å². The lowest BCUT2D eigenvalue weighted by Crippen LogP contribution is -2.16. The number of rotatable bonds is 9. The van der Waals surface area contributed by atoms with Gasteiger partial charge in [-0.2, -0.15) is 0 Å². The van der Waals surface area contributed by atoms with E-state index in [9.17, 15) is 0 Å². The Morgan fingerprint density at radius 3 is 2.41 bits per heavy atom. The predicted octanol–water partition coefficient (Wildman–Crippen LogP) is 6.22. The quantitative estimate of drug-likeness (QED) is 0.409. The van der Waals surface area contributed by atoms with E-state index >= 15 is 0 Å². The fourth-order valence-electron chi connectivity index (χ4n) is 3.09. The Kier molecular flexibility index (Phi) is 7.82. The number of benzene rings is 3. The smallest absolute Gasteiger partial charge is 0.180 e. The third kappa shape index (κ3) is 6.40. The summed E-state index contributed by atoms with van der Waals surface area (Å²) in [4.78, 5) is 0. The molecular weight excluding hydrogens is 405 g/mol. The monoisotopic (exact) mass is 429 g/mol. The van der Waals surface area contributed by atoms with Crippen LogP contribution in [0.3, 0.4) is 0 Å². The second-order valence-electron chi connectivity index (χ2n) is 6.94. The van der Waals surface area contributed by atoms with Crippen LogP contribution in [-0.2, 0) is 19.6 Å². The van der Waals surface area contributed by atoms with Crippen molar-refractivity contribution in [2.75, 3.05) is 13.7 Å². The average Bonchev–Trinajstić information content (AvgIpc) is 2.71. The molecule has 3 rings (SSSR count). The third-order valence-corrected chi connectivity index (χ3v) is 5.12. The number of halogens is 2. The van der Waals surface area contributed by atoms with Crippen molar-refractivity contribution in [1.82, 2.24) is 5.32 Å². The number of hydrogen-bond acceptors (Lipinski definition) is 3. The van der Waals surface area contributed by atoms with Gasteiger partial charge in [-0.25, -0.2) is 0 Å². The largest absolute Gasteiger partial charge is 0.493 e. The van der Waals surface area contributed by atoms with Crippen molar-refractivity contribution in [2.45, 2.75) is 26.5 Å². The molecule has 0 saturated heterocycles. The molecule has 0 unspecified atom stereocenters. The lowest BCUT2D eigenvalue weighted by molar-refractivity contribution is 0.284. The molecule has 0 aromatic heterocycles. The molecule has 0 fully saturated rings. The summed E-state index contributed by atoms with van der Waals surface area (Å²) < 4.78 is 11.5. The summed E-state index contributed by atoms with van der Waals surface area (Å²) >= 11 is 12.4. The van der Waals surface area contributed by atoms with E-state index in [1.165, 1.54) is 11.1 Å². The minimum absolute atomic E-state index is 0.441. The van der Waals surface area contributed by atoms with Crippen LogP contribution in [-0.4, -0.2) is 13.7 Å². The first-order valence-electron chi connectivity index (χ1n) is 9.55. The van der Waals surface area contributed by atoms with Gasteiger partial charge >= 0.3 is 0 Å². The van der Waals surface area contributed by atoms with Crippen molar-refractivity contribution in [3.05, 3.63) is 93.0 Å². The normalized spacial score (nSPS) is 10.8. The highest BCUT2D eigenvalue weighted by atomic mass is 35.5. The van der Waals surface area contributed by atoms with Crippen LogP contribution in [0.25, 0.3) is 0 Å². The zero-order chi connectivity index (χ0) is 20.6. The summed E-state index contributed by atoms with van der Waals surface area (Å²) in [5.74, 6) is 1.21. The van der Waals surface area contributed by atoms with Crippen molar-refractivity contribution < 1.29 is 9.47 Å². The molecule has 3 nitrogen and oxygen atoms in total. The fourth-order valence-corrected chi connectivity index (χ4v) is 3.50. The first-order valence-corrected chi connectivity index (χ1v) is 10.3. The molecule has 152 valence electrons. The molecule has 3 aromatic carbocycles. The van der Waals surface area contributed by atoms with Gasteiger partial charge in [0.25, 0.3) is 0 Å². The highest BCUT2D eigenvalue weighted by molar-refractivity contribution is 6.32. The number of nitrogens with one attached hydrogen (secondary N) is 1. The summed E-state index contributed by atoms with van der Waals surface area (Å²) in [6, 6.07) is 20.0. The number of ether oxygens (including phenoxy) is 2. The van der Waals surface area contributed by atoms with Crippen LogP contribution in [0.15, 0.2) is 60.7 Å². The molecule has 0 bridgehead atoms. The molecule has 0 spiro atoms. The summed E-state index contributed by atoms with van der Waals surface area (Å²) in [6.45, 7) is 4.05. The van der Waals surface area contributed by atoms with Gasteiger partial charge in [0.2, 0.25) is 0 Å². The maximum atomic E-state index is 6.49. The average molecular weight is 430 g/mol. The molecule has 0 saturated carbocycles. The van der Waals surface area contributed by atoms with Gasteiger partial charge in [0, 0.05) is 11.6 Å². The summed E-state index contributed by atoms with van der Waals surface area (Å²) in [7, 11) is 1.63. The Morgan fingerprint density at radius 2 is 1.69 bits per heavy atom. The molecule has 0 amide bonds. The van der Waals surface area contributed by atoms with Crippen LogP contribution in [0, 0.1) is 6.92 Å². The first kappa shape index (κ1) is 21.5. The lowest BCUT2D eigenvalue weighted by atomic mass is 10.1. The zero-order valence-corrected chi connectivity index (χ0v) is 18.2. The maximum Gasteiger partial charge on any atom is 0.180 e. The fraction of sp³-hybridized carbons (Fsp3) is 0.250. The lowest BCUT2D eigenvalue weighted by Gasteiger charge is -2.15. The van der Waals surface area contributed by atoms with Crippen LogP contribution in [0.2, 0.25) is 10.0 Å². The van der Waals surface area contributed by atoms with E-state index in [0.29, 0.717) is 29.7 Å². The minimum atomic E-state index is 0.441. The number of hydrogen-bond donors (Lipinski definition) is 1. The van der Waals surface area contributed by atoms with Crippen molar-refractivity contribution in [1.29, 1.82) is 0 Å². The molecule has 29 heavy (non-hydrogen) atoms. The van der Waals surface area contributed by atoms with Crippen LogP contribution >= 0.6 is 23.2 Å². The van der Waals surface area contributed by atoms with Gasteiger partial charge in [-0.3, -0.25) is 0 Å². The summed E-state index contributed by atoms with van der Waals surface area (Å²) in [5, 5.41) is 4.74. The van der Waals surface area contributed by atoms with E-state index in [2.05, 4.69) is 24.4 Å². The van der Waals surface area contributed by atoms with Crippen molar-refractivity contribution in [3.63, 3.8) is 0 Å². The van der Waals surface area contributed by atoms with Crippen molar-refractivity contribution in [2.24, 2.45) is 0 Å². The molecular formula is C24H25Cl2NO2. The Bertz CT molecular complexity index is 942. The van der Waals surface area contributed by atoms with Gasteiger partial charge in [0.1, 0.15) is 6.61 Å². The predicted molar refractivity (Wildman–Crippen MR) is 120 cm³/mol. The van der Waals surface area contributed by atoms with E-state index < -0.39 is 0 Å². The van der Waals surface area contributed by atoms with Crippen molar-refractivity contribution >= 4 is 23.2 Å². The Balaban J connectivity index is 1.57. The van der Waals surface area contributed by atoms with Gasteiger partial charge in [-0.05, 0) is 60.8 Å². The summed E-state index contributed by atoms with van der Waals surface area (Å²) in [6.07, 6.45) is 0.930. The summed E-state index contributed by atoms with van der Waals surface area (Å²) in [5.41, 5.74) is 4.59. The highest BCUT2D eigenvalue weighted by Crippen LogP contribution is 2.37. The standard InChI is InChI=1S/C24H25Cl2NO2/c1-17-4-3-5-19(12-17)16-29-24-22(26)13-20(14-23(24)28-2)15-27-11-10-18-6-8-21(25)9-7-18/h3-9,12-14,27H,10-11,15-16H2,1-2H3. The van der Waals surface area contributed by atoms with E-state index in [-0.39, 0.29) is 0 Å². The topological polar surface area (TPSA) is 30.5 Å². The number of methoxy groups -OCH3 is 1. The Hall–Kier alpha value is -2.20. The van der Waals surface area contributed by atoms with E-state index in [1.54, 1.807) is 7.11 Å². The molecule has 0 atom stereocenters. The zero-order valence-electron chi connectivity index (χ0n) is 16.7. The second kappa shape index (κ2) is 10.5. The van der Waals surface area contributed by atoms with Crippen LogP contribution in [0.4, 0.5) is 0 Å². The van der Waals surface area contributed by atoms with Gasteiger partial charge in [-0.15, -0.1) is 0 Å². The maximum absolute atomic E-state index is 6.49. The Labute approximate surface area is 182 Å².